The lowest BCUT2D eigenvalue weighted by molar-refractivity contribution is -0.163. The zero-order chi connectivity index (χ0) is 16.4. The van der Waals surface area contributed by atoms with Crippen molar-refractivity contribution in [3.8, 4) is 0 Å². The maximum atomic E-state index is 11.1. The Hall–Kier alpha value is -0.0400. The van der Waals surface area contributed by atoms with Gasteiger partial charge in [-0.2, -0.15) is 0 Å². The standard InChI is InChI=1S/C22H38O/c1-5-15-6-7-17-16-13-20(23)19-12-14(2)8-10-22(19,4)18(16)9-11-21(15,17)3/h14-20,23H,5-13H2,1-4H3/t14?,15?,16?,17?,18?,19?,20?,21-,22-/m1/s1. The highest BCUT2D eigenvalue weighted by atomic mass is 16.3. The molecule has 0 radical (unpaired) electrons. The van der Waals surface area contributed by atoms with Crippen LogP contribution in [0.4, 0.5) is 0 Å². The van der Waals surface area contributed by atoms with Crippen molar-refractivity contribution in [1.82, 2.24) is 0 Å². The van der Waals surface area contributed by atoms with E-state index < -0.39 is 0 Å². The van der Waals surface area contributed by atoms with E-state index in [-0.39, 0.29) is 6.10 Å². The topological polar surface area (TPSA) is 20.2 Å². The van der Waals surface area contributed by atoms with Crippen LogP contribution in [0.25, 0.3) is 0 Å². The van der Waals surface area contributed by atoms with Gasteiger partial charge in [0.2, 0.25) is 0 Å². The molecule has 132 valence electrons. The first-order valence-corrected chi connectivity index (χ1v) is 10.6. The number of aliphatic hydroxyl groups is 1. The first-order valence-electron chi connectivity index (χ1n) is 10.6. The van der Waals surface area contributed by atoms with Crippen LogP contribution in [0.2, 0.25) is 0 Å². The molecule has 4 aliphatic rings. The molecular formula is C22H38O. The summed E-state index contributed by atoms with van der Waals surface area (Å²) in [5, 5.41) is 11.1. The lowest BCUT2D eigenvalue weighted by atomic mass is 9.43. The van der Waals surface area contributed by atoms with Crippen LogP contribution in [0.15, 0.2) is 0 Å². The van der Waals surface area contributed by atoms with Crippen LogP contribution in [0.5, 0.6) is 0 Å². The van der Waals surface area contributed by atoms with Gasteiger partial charge in [-0.1, -0.05) is 40.5 Å². The first-order chi connectivity index (χ1) is 10.9. The second kappa shape index (κ2) is 5.48. The second-order valence-corrected chi connectivity index (χ2v) is 10.4. The van der Waals surface area contributed by atoms with Crippen LogP contribution in [0.3, 0.4) is 0 Å². The number of aliphatic hydroxyl groups excluding tert-OH is 1. The van der Waals surface area contributed by atoms with Gasteiger partial charge in [0.25, 0.3) is 0 Å². The number of fused-ring (bicyclic) bond motifs is 5. The van der Waals surface area contributed by atoms with Crippen molar-refractivity contribution in [3.63, 3.8) is 0 Å². The molecule has 1 N–H and O–H groups in total. The highest BCUT2D eigenvalue weighted by Crippen LogP contribution is 2.68. The molecule has 4 fully saturated rings. The highest BCUT2D eigenvalue weighted by Gasteiger charge is 2.61. The number of hydrogen-bond donors (Lipinski definition) is 1. The van der Waals surface area contributed by atoms with E-state index in [1.807, 2.05) is 0 Å². The van der Waals surface area contributed by atoms with E-state index in [4.69, 9.17) is 0 Å². The Bertz CT molecular complexity index is 459. The summed E-state index contributed by atoms with van der Waals surface area (Å²) in [6, 6.07) is 0. The smallest absolute Gasteiger partial charge is 0.0576 e. The number of rotatable bonds is 1. The lowest BCUT2D eigenvalue weighted by Gasteiger charge is -2.62. The normalized spacial score (nSPS) is 59.1. The summed E-state index contributed by atoms with van der Waals surface area (Å²) in [7, 11) is 0. The minimum atomic E-state index is -0.0213. The summed E-state index contributed by atoms with van der Waals surface area (Å²) in [5.41, 5.74) is 1.02. The molecule has 0 aromatic heterocycles. The minimum Gasteiger partial charge on any atom is -0.393 e. The van der Waals surface area contributed by atoms with Gasteiger partial charge in [0.05, 0.1) is 6.10 Å². The Morgan fingerprint density at radius 1 is 0.870 bits per heavy atom. The van der Waals surface area contributed by atoms with Gasteiger partial charge in [-0.25, -0.2) is 0 Å². The monoisotopic (exact) mass is 318 g/mol. The van der Waals surface area contributed by atoms with Gasteiger partial charge >= 0.3 is 0 Å². The van der Waals surface area contributed by atoms with E-state index in [0.29, 0.717) is 16.7 Å². The van der Waals surface area contributed by atoms with E-state index >= 15 is 0 Å². The van der Waals surface area contributed by atoms with Crippen molar-refractivity contribution in [2.75, 3.05) is 0 Å². The predicted molar refractivity (Wildman–Crippen MR) is 96.1 cm³/mol. The summed E-state index contributed by atoms with van der Waals surface area (Å²) in [6.45, 7) is 9.98. The van der Waals surface area contributed by atoms with Gasteiger partial charge in [0.15, 0.2) is 0 Å². The third-order valence-electron chi connectivity index (χ3n) is 9.63. The summed E-state index contributed by atoms with van der Waals surface area (Å²) < 4.78 is 0. The lowest BCUT2D eigenvalue weighted by Crippen LogP contribution is -2.57. The van der Waals surface area contributed by atoms with Crippen molar-refractivity contribution in [3.05, 3.63) is 0 Å². The van der Waals surface area contributed by atoms with Crippen LogP contribution in [-0.4, -0.2) is 11.2 Å². The van der Waals surface area contributed by atoms with E-state index in [1.165, 1.54) is 51.4 Å². The zero-order valence-corrected chi connectivity index (χ0v) is 15.9. The molecule has 0 spiro atoms. The van der Waals surface area contributed by atoms with Gasteiger partial charge in [-0.3, -0.25) is 0 Å². The molecular weight excluding hydrogens is 280 g/mol. The highest BCUT2D eigenvalue weighted by molar-refractivity contribution is 5.10. The Morgan fingerprint density at radius 3 is 2.30 bits per heavy atom. The molecule has 23 heavy (non-hydrogen) atoms. The largest absolute Gasteiger partial charge is 0.393 e. The second-order valence-electron chi connectivity index (χ2n) is 10.4. The Morgan fingerprint density at radius 2 is 1.57 bits per heavy atom. The molecule has 1 heteroatoms. The fourth-order valence-electron chi connectivity index (χ4n) is 8.28. The van der Waals surface area contributed by atoms with Crippen molar-refractivity contribution in [2.45, 2.75) is 91.6 Å². The fourth-order valence-corrected chi connectivity index (χ4v) is 8.28. The molecule has 4 aliphatic carbocycles. The van der Waals surface area contributed by atoms with Gasteiger partial charge < -0.3 is 5.11 Å². The van der Waals surface area contributed by atoms with Crippen LogP contribution in [0.1, 0.15) is 85.5 Å². The van der Waals surface area contributed by atoms with Crippen LogP contribution in [0, 0.1) is 46.3 Å². The molecule has 0 aromatic carbocycles. The van der Waals surface area contributed by atoms with Gasteiger partial charge in [0, 0.05) is 0 Å². The zero-order valence-electron chi connectivity index (χ0n) is 15.9. The molecule has 0 heterocycles. The number of hydrogen-bond acceptors (Lipinski definition) is 1. The predicted octanol–water partition coefficient (Wildman–Crippen LogP) is 5.66. The average Bonchev–Trinajstić information content (AvgIpc) is 2.86. The summed E-state index contributed by atoms with van der Waals surface area (Å²) in [4.78, 5) is 0. The maximum absolute atomic E-state index is 11.1. The van der Waals surface area contributed by atoms with Crippen LogP contribution >= 0.6 is 0 Å². The summed E-state index contributed by atoms with van der Waals surface area (Å²) in [5.74, 6) is 4.97. The van der Waals surface area contributed by atoms with E-state index in [0.717, 1.165) is 36.0 Å². The molecule has 1 nitrogen and oxygen atoms in total. The minimum absolute atomic E-state index is 0.0213. The van der Waals surface area contributed by atoms with Gasteiger partial charge in [-0.05, 0) is 91.3 Å². The third kappa shape index (κ3) is 2.21. The van der Waals surface area contributed by atoms with Crippen molar-refractivity contribution < 1.29 is 5.11 Å². The third-order valence-corrected chi connectivity index (χ3v) is 9.63. The van der Waals surface area contributed by atoms with Crippen molar-refractivity contribution in [2.24, 2.45) is 46.3 Å². The Labute approximate surface area is 143 Å². The summed E-state index contributed by atoms with van der Waals surface area (Å²) in [6.07, 6.45) is 12.3. The molecule has 9 atom stereocenters. The van der Waals surface area contributed by atoms with Crippen LogP contribution < -0.4 is 0 Å². The fraction of sp³-hybridized carbons (Fsp3) is 1.00. The Balaban J connectivity index is 1.65. The van der Waals surface area contributed by atoms with E-state index in [2.05, 4.69) is 27.7 Å². The molecule has 0 saturated heterocycles. The molecule has 0 amide bonds. The van der Waals surface area contributed by atoms with Gasteiger partial charge in [0.1, 0.15) is 0 Å². The average molecular weight is 319 g/mol. The molecule has 0 aromatic rings. The first kappa shape index (κ1) is 16.4. The SMILES string of the molecule is CCC1CCC2C3CC(O)C4CC(C)CC[C@]4(C)C3CC[C@]12C. The van der Waals surface area contributed by atoms with E-state index in [1.54, 1.807) is 0 Å². The quantitative estimate of drug-likeness (QED) is 0.661. The van der Waals surface area contributed by atoms with Crippen molar-refractivity contribution in [1.29, 1.82) is 0 Å². The van der Waals surface area contributed by atoms with Crippen molar-refractivity contribution >= 4 is 0 Å². The molecule has 0 bridgehead atoms. The summed E-state index contributed by atoms with van der Waals surface area (Å²) >= 11 is 0. The maximum Gasteiger partial charge on any atom is 0.0576 e. The van der Waals surface area contributed by atoms with Crippen LogP contribution in [-0.2, 0) is 0 Å². The van der Waals surface area contributed by atoms with Gasteiger partial charge in [-0.15, -0.1) is 0 Å². The molecule has 0 aliphatic heterocycles. The molecule has 7 unspecified atom stereocenters. The van der Waals surface area contributed by atoms with E-state index in [9.17, 15) is 5.11 Å². The molecule has 4 saturated carbocycles. The Kier molecular flexibility index (Phi) is 3.91. The molecule has 4 rings (SSSR count).